The van der Waals surface area contributed by atoms with Crippen LogP contribution in [0.1, 0.15) is 49.3 Å². The highest BCUT2D eigenvalue weighted by molar-refractivity contribution is 6.30. The summed E-state index contributed by atoms with van der Waals surface area (Å²) in [6.07, 6.45) is 1.32. The molecule has 7 nitrogen and oxygen atoms in total. The van der Waals surface area contributed by atoms with Crippen LogP contribution < -0.4 is 5.32 Å². The smallest absolute Gasteiger partial charge is 0.329 e. The number of carbonyl (C=O) groups excluding carboxylic acids is 2. The Morgan fingerprint density at radius 1 is 1.27 bits per heavy atom. The van der Waals surface area contributed by atoms with Crippen molar-refractivity contribution in [1.82, 2.24) is 15.5 Å². The molecule has 0 spiro atoms. The maximum absolute atomic E-state index is 12.5. The van der Waals surface area contributed by atoms with Crippen molar-refractivity contribution < 1.29 is 18.8 Å². The van der Waals surface area contributed by atoms with Gasteiger partial charge < -0.3 is 14.6 Å². The maximum Gasteiger partial charge on any atom is 0.329 e. The van der Waals surface area contributed by atoms with Gasteiger partial charge in [-0.05, 0) is 30.2 Å². The van der Waals surface area contributed by atoms with Crippen LogP contribution in [0.15, 0.2) is 28.8 Å². The second-order valence-corrected chi connectivity index (χ2v) is 6.35. The van der Waals surface area contributed by atoms with Crippen LogP contribution in [0.4, 0.5) is 0 Å². The van der Waals surface area contributed by atoms with Gasteiger partial charge in [-0.1, -0.05) is 43.9 Å². The lowest BCUT2D eigenvalue weighted by atomic mass is 9.99. The number of nitrogens with one attached hydrogen (secondary N) is 1. The molecule has 0 bridgehead atoms. The van der Waals surface area contributed by atoms with E-state index in [1.165, 1.54) is 0 Å². The number of nitrogens with zero attached hydrogens (tertiary/aromatic N) is 2. The normalized spacial score (nSPS) is 13.1. The Morgan fingerprint density at radius 3 is 2.54 bits per heavy atom. The van der Waals surface area contributed by atoms with E-state index < -0.39 is 12.0 Å². The molecule has 8 heteroatoms. The zero-order valence-electron chi connectivity index (χ0n) is 15.0. The SMILES string of the molecule is CCc1noc(COC(=O)[C@@H](NC(=O)c2ccc(Cl)cc2)[C@@H](C)CC)n1. The molecule has 0 unspecified atom stereocenters. The van der Waals surface area contributed by atoms with Crippen LogP contribution in [-0.2, 0) is 22.6 Å². The fourth-order valence-corrected chi connectivity index (χ4v) is 2.34. The van der Waals surface area contributed by atoms with Gasteiger partial charge in [0.05, 0.1) is 0 Å². The minimum Gasteiger partial charge on any atom is -0.454 e. The van der Waals surface area contributed by atoms with Crippen molar-refractivity contribution in [2.45, 2.75) is 46.3 Å². The number of hydrogen-bond acceptors (Lipinski definition) is 6. The molecule has 0 radical (unpaired) electrons. The van der Waals surface area contributed by atoms with Crippen molar-refractivity contribution in [2.24, 2.45) is 5.92 Å². The van der Waals surface area contributed by atoms with Gasteiger partial charge in [-0.15, -0.1) is 0 Å². The van der Waals surface area contributed by atoms with Gasteiger partial charge >= 0.3 is 5.97 Å². The lowest BCUT2D eigenvalue weighted by Crippen LogP contribution is -2.46. The molecule has 1 amide bonds. The average molecular weight is 380 g/mol. The molecule has 1 aromatic carbocycles. The van der Waals surface area contributed by atoms with E-state index in [2.05, 4.69) is 15.5 Å². The molecule has 0 aliphatic rings. The van der Waals surface area contributed by atoms with Gasteiger partial charge in [0.25, 0.3) is 11.8 Å². The Balaban J connectivity index is 2.01. The van der Waals surface area contributed by atoms with Gasteiger partial charge in [-0.3, -0.25) is 4.79 Å². The van der Waals surface area contributed by atoms with Gasteiger partial charge in [-0.25, -0.2) is 4.79 Å². The Bertz CT molecular complexity index is 745. The number of carbonyl (C=O) groups is 2. The predicted octanol–water partition coefficient (Wildman–Crippen LogP) is 3.17. The second-order valence-electron chi connectivity index (χ2n) is 5.91. The van der Waals surface area contributed by atoms with E-state index in [1.54, 1.807) is 24.3 Å². The van der Waals surface area contributed by atoms with Crippen LogP contribution in [0.5, 0.6) is 0 Å². The summed E-state index contributed by atoms with van der Waals surface area (Å²) in [4.78, 5) is 29.0. The predicted molar refractivity (Wildman–Crippen MR) is 95.6 cm³/mol. The number of benzene rings is 1. The minimum absolute atomic E-state index is 0.104. The Morgan fingerprint density at radius 2 is 1.96 bits per heavy atom. The highest BCUT2D eigenvalue weighted by atomic mass is 35.5. The number of aryl methyl sites for hydroxylation is 1. The van der Waals surface area contributed by atoms with E-state index in [4.69, 9.17) is 20.9 Å². The van der Waals surface area contributed by atoms with Crippen molar-refractivity contribution in [3.05, 3.63) is 46.6 Å². The standard InChI is InChI=1S/C18H22ClN3O4/c1-4-11(3)16(21-17(23)12-6-8-13(19)9-7-12)18(24)25-10-15-20-14(5-2)22-26-15/h6-9,11,16H,4-5,10H2,1-3H3,(H,21,23)/t11-,16-/m0/s1. The highest BCUT2D eigenvalue weighted by Crippen LogP contribution is 2.14. The zero-order chi connectivity index (χ0) is 19.1. The van der Waals surface area contributed by atoms with Crippen LogP contribution in [0.2, 0.25) is 5.02 Å². The molecule has 1 aromatic heterocycles. The van der Waals surface area contributed by atoms with Gasteiger partial charge in [0.1, 0.15) is 6.04 Å². The molecule has 26 heavy (non-hydrogen) atoms. The summed E-state index contributed by atoms with van der Waals surface area (Å²) in [6.45, 7) is 5.57. The maximum atomic E-state index is 12.5. The molecule has 0 saturated carbocycles. The minimum atomic E-state index is -0.781. The Labute approximate surface area is 157 Å². The summed E-state index contributed by atoms with van der Waals surface area (Å²) >= 11 is 5.83. The van der Waals surface area contributed by atoms with Crippen molar-refractivity contribution in [2.75, 3.05) is 0 Å². The first-order chi connectivity index (χ1) is 12.4. The van der Waals surface area contributed by atoms with E-state index in [9.17, 15) is 9.59 Å². The fraction of sp³-hybridized carbons (Fsp3) is 0.444. The van der Waals surface area contributed by atoms with Crippen molar-refractivity contribution in [1.29, 1.82) is 0 Å². The van der Waals surface area contributed by atoms with Crippen molar-refractivity contribution in [3.8, 4) is 0 Å². The zero-order valence-corrected chi connectivity index (χ0v) is 15.7. The monoisotopic (exact) mass is 379 g/mol. The lowest BCUT2D eigenvalue weighted by Gasteiger charge is -2.22. The topological polar surface area (TPSA) is 94.3 Å². The first-order valence-corrected chi connectivity index (χ1v) is 8.86. The van der Waals surface area contributed by atoms with Crippen molar-refractivity contribution in [3.63, 3.8) is 0 Å². The number of amides is 1. The summed E-state index contributed by atoms with van der Waals surface area (Å²) < 4.78 is 10.3. The Kier molecular flexibility index (Phi) is 7.15. The molecule has 140 valence electrons. The van der Waals surface area contributed by atoms with Gasteiger partial charge in [-0.2, -0.15) is 4.98 Å². The van der Waals surface area contributed by atoms with E-state index >= 15 is 0 Å². The molecule has 0 fully saturated rings. The first-order valence-electron chi connectivity index (χ1n) is 8.49. The summed E-state index contributed by atoms with van der Waals surface area (Å²) in [5.41, 5.74) is 0.417. The molecule has 2 rings (SSSR count). The third-order valence-electron chi connectivity index (χ3n) is 4.02. The molecule has 0 aliphatic heterocycles. The van der Waals surface area contributed by atoms with E-state index in [-0.39, 0.29) is 24.3 Å². The van der Waals surface area contributed by atoms with Crippen LogP contribution >= 0.6 is 11.6 Å². The second kappa shape index (κ2) is 9.33. The molecular weight excluding hydrogens is 358 g/mol. The first kappa shape index (κ1) is 19.9. The van der Waals surface area contributed by atoms with Gasteiger partial charge in [0.15, 0.2) is 12.4 Å². The number of hydrogen-bond donors (Lipinski definition) is 1. The largest absolute Gasteiger partial charge is 0.454 e. The number of rotatable bonds is 8. The molecular formula is C18H22ClN3O4. The summed E-state index contributed by atoms with van der Waals surface area (Å²) in [7, 11) is 0. The third kappa shape index (κ3) is 5.29. The summed E-state index contributed by atoms with van der Waals surface area (Å²) in [5.74, 6) is -0.242. The number of esters is 1. The summed E-state index contributed by atoms with van der Waals surface area (Å²) in [5, 5.41) is 7.01. The highest BCUT2D eigenvalue weighted by Gasteiger charge is 2.28. The molecule has 0 aliphatic carbocycles. The van der Waals surface area contributed by atoms with Crippen LogP contribution in [0.25, 0.3) is 0 Å². The van der Waals surface area contributed by atoms with Crippen LogP contribution in [0, 0.1) is 5.92 Å². The molecule has 0 saturated heterocycles. The third-order valence-corrected chi connectivity index (χ3v) is 4.28. The number of aromatic nitrogens is 2. The average Bonchev–Trinajstić information content (AvgIpc) is 3.12. The summed E-state index contributed by atoms with van der Waals surface area (Å²) in [6, 6.07) is 5.65. The molecule has 1 heterocycles. The fourth-order valence-electron chi connectivity index (χ4n) is 2.21. The lowest BCUT2D eigenvalue weighted by molar-refractivity contribution is -0.149. The van der Waals surface area contributed by atoms with Gasteiger partial charge in [0, 0.05) is 17.0 Å². The number of ether oxygens (including phenoxy) is 1. The van der Waals surface area contributed by atoms with Crippen LogP contribution in [0.3, 0.4) is 0 Å². The Hall–Kier alpha value is -2.41. The van der Waals surface area contributed by atoms with E-state index in [0.29, 0.717) is 29.3 Å². The van der Waals surface area contributed by atoms with Crippen LogP contribution in [-0.4, -0.2) is 28.1 Å². The van der Waals surface area contributed by atoms with E-state index in [0.717, 1.165) is 0 Å². The molecule has 2 atom stereocenters. The number of halogens is 1. The molecule has 1 N–H and O–H groups in total. The van der Waals surface area contributed by atoms with E-state index in [1.807, 2.05) is 20.8 Å². The quantitative estimate of drug-likeness (QED) is 0.708. The van der Waals surface area contributed by atoms with Crippen molar-refractivity contribution >= 4 is 23.5 Å². The molecule has 2 aromatic rings. The van der Waals surface area contributed by atoms with Gasteiger partial charge in [0.2, 0.25) is 0 Å².